The van der Waals surface area contributed by atoms with Crippen LogP contribution in [0.4, 0.5) is 5.69 Å². The maximum atomic E-state index is 12.3. The van der Waals surface area contributed by atoms with Crippen molar-refractivity contribution in [2.45, 2.75) is 37.5 Å². The van der Waals surface area contributed by atoms with Crippen LogP contribution >= 0.6 is 11.8 Å². The van der Waals surface area contributed by atoms with Gasteiger partial charge in [0, 0.05) is 11.1 Å². The smallest absolute Gasteiger partial charge is 0.234 e. The molecule has 1 aromatic heterocycles. The molecular formula is C19H21N5OS. The molecule has 2 aromatic carbocycles. The first kappa shape index (κ1) is 17.0. The molecule has 134 valence electrons. The van der Waals surface area contributed by atoms with Crippen LogP contribution in [-0.2, 0) is 10.5 Å². The molecule has 1 aliphatic rings. The van der Waals surface area contributed by atoms with Gasteiger partial charge in [-0.2, -0.15) is 0 Å². The fourth-order valence-electron chi connectivity index (χ4n) is 3.50. The van der Waals surface area contributed by atoms with E-state index in [4.69, 9.17) is 0 Å². The Bertz CT molecular complexity index is 898. The van der Waals surface area contributed by atoms with Gasteiger partial charge in [0.25, 0.3) is 0 Å². The Balaban J connectivity index is 1.34. The highest BCUT2D eigenvalue weighted by Crippen LogP contribution is 2.30. The van der Waals surface area contributed by atoms with Crippen LogP contribution < -0.4 is 5.32 Å². The molecular weight excluding hydrogens is 346 g/mol. The summed E-state index contributed by atoms with van der Waals surface area (Å²) in [6, 6.07) is 14.4. The minimum Gasteiger partial charge on any atom is -0.325 e. The third kappa shape index (κ3) is 3.72. The summed E-state index contributed by atoms with van der Waals surface area (Å²) in [4.78, 5) is 12.3. The molecule has 1 aliphatic carbocycles. The van der Waals surface area contributed by atoms with Crippen LogP contribution in [0.5, 0.6) is 0 Å². The van der Waals surface area contributed by atoms with Crippen molar-refractivity contribution in [1.82, 2.24) is 20.2 Å². The zero-order valence-electron chi connectivity index (χ0n) is 14.5. The Kier molecular flexibility index (Phi) is 5.15. The molecule has 0 aliphatic heterocycles. The lowest BCUT2D eigenvalue weighted by atomic mass is 10.1. The van der Waals surface area contributed by atoms with E-state index in [0.29, 0.717) is 17.5 Å². The topological polar surface area (TPSA) is 72.7 Å². The molecule has 0 unspecified atom stereocenters. The van der Waals surface area contributed by atoms with Gasteiger partial charge in [-0.25, -0.2) is 4.68 Å². The zero-order chi connectivity index (χ0) is 17.8. The largest absolute Gasteiger partial charge is 0.325 e. The fourth-order valence-corrected chi connectivity index (χ4v) is 4.23. The quantitative estimate of drug-likeness (QED) is 0.717. The van der Waals surface area contributed by atoms with Crippen LogP contribution in [0, 0.1) is 0 Å². The van der Waals surface area contributed by atoms with Crippen molar-refractivity contribution in [3.05, 3.63) is 48.3 Å². The highest BCUT2D eigenvalue weighted by atomic mass is 32.2. The summed E-state index contributed by atoms with van der Waals surface area (Å²) in [6.45, 7) is 0. The van der Waals surface area contributed by atoms with E-state index < -0.39 is 0 Å². The second kappa shape index (κ2) is 7.86. The van der Waals surface area contributed by atoms with Crippen molar-refractivity contribution in [3.8, 4) is 0 Å². The molecule has 26 heavy (non-hydrogen) atoms. The van der Waals surface area contributed by atoms with Crippen LogP contribution in [0.15, 0.2) is 42.5 Å². The zero-order valence-corrected chi connectivity index (χ0v) is 15.3. The summed E-state index contributed by atoms with van der Waals surface area (Å²) in [5.74, 6) is 1.87. The molecule has 0 radical (unpaired) electrons. The number of nitrogens with one attached hydrogen (secondary N) is 1. The minimum atomic E-state index is -0.00811. The molecule has 0 spiro atoms. The van der Waals surface area contributed by atoms with Gasteiger partial charge >= 0.3 is 0 Å². The van der Waals surface area contributed by atoms with E-state index in [0.717, 1.165) is 35.1 Å². The maximum Gasteiger partial charge on any atom is 0.234 e. The molecule has 1 heterocycles. The molecule has 6 nitrogen and oxygen atoms in total. The Morgan fingerprint density at radius 1 is 1.15 bits per heavy atom. The van der Waals surface area contributed by atoms with Crippen molar-refractivity contribution >= 4 is 34.1 Å². The lowest BCUT2D eigenvalue weighted by molar-refractivity contribution is -0.113. The molecule has 0 saturated heterocycles. The van der Waals surface area contributed by atoms with Gasteiger partial charge in [0.05, 0.1) is 17.5 Å². The van der Waals surface area contributed by atoms with E-state index in [1.165, 1.54) is 12.8 Å². The second-order valence-electron chi connectivity index (χ2n) is 6.55. The maximum absolute atomic E-state index is 12.3. The van der Waals surface area contributed by atoms with E-state index in [2.05, 4.69) is 20.8 Å². The van der Waals surface area contributed by atoms with Gasteiger partial charge in [-0.05, 0) is 34.7 Å². The monoisotopic (exact) mass is 367 g/mol. The van der Waals surface area contributed by atoms with Gasteiger partial charge in [0.1, 0.15) is 0 Å². The van der Waals surface area contributed by atoms with Crippen molar-refractivity contribution in [3.63, 3.8) is 0 Å². The number of rotatable bonds is 6. The number of fused-ring (bicyclic) bond motifs is 1. The van der Waals surface area contributed by atoms with Gasteiger partial charge < -0.3 is 5.32 Å². The fraction of sp³-hybridized carbons (Fsp3) is 0.368. The number of carbonyl (C=O) groups excluding carboxylic acids is 1. The molecule has 1 N–H and O–H groups in total. The van der Waals surface area contributed by atoms with Crippen molar-refractivity contribution in [2.75, 3.05) is 11.1 Å². The first-order valence-electron chi connectivity index (χ1n) is 8.93. The Hall–Kier alpha value is -2.41. The number of hydrogen-bond donors (Lipinski definition) is 1. The van der Waals surface area contributed by atoms with Gasteiger partial charge in [-0.1, -0.05) is 49.2 Å². The summed E-state index contributed by atoms with van der Waals surface area (Å²) in [5.41, 5.74) is 0.851. The Morgan fingerprint density at radius 3 is 2.85 bits per heavy atom. The van der Waals surface area contributed by atoms with Gasteiger partial charge in [-0.15, -0.1) is 16.9 Å². The number of carbonyl (C=O) groups is 1. The number of benzene rings is 2. The Labute approximate surface area is 156 Å². The number of thioether (sulfide) groups is 1. The van der Waals surface area contributed by atoms with Crippen LogP contribution in [0.2, 0.25) is 0 Å². The van der Waals surface area contributed by atoms with Crippen molar-refractivity contribution in [2.24, 2.45) is 0 Å². The van der Waals surface area contributed by atoms with Crippen LogP contribution in [0.3, 0.4) is 0 Å². The van der Waals surface area contributed by atoms with E-state index in [9.17, 15) is 4.79 Å². The normalized spacial score (nSPS) is 14.8. The molecule has 0 bridgehead atoms. The van der Waals surface area contributed by atoms with E-state index >= 15 is 0 Å². The predicted octanol–water partition coefficient (Wildman–Crippen LogP) is 3.81. The number of aromatic nitrogens is 4. The summed E-state index contributed by atoms with van der Waals surface area (Å²) < 4.78 is 1.95. The molecule has 0 atom stereocenters. The molecule has 4 rings (SSSR count). The standard InChI is InChI=1S/C19H21N5OS/c25-19(20-17-11-5-7-14-6-1-4-10-16(14)17)13-26-12-18-21-22-23-24(18)15-8-2-3-9-15/h1,4-7,10-11,15H,2-3,8-9,12-13H2,(H,20,25). The SMILES string of the molecule is O=C(CSCc1nnnn1C1CCCC1)Nc1cccc2ccccc12. The number of anilines is 1. The van der Waals surface area contributed by atoms with Crippen LogP contribution in [0.1, 0.15) is 37.5 Å². The van der Waals surface area contributed by atoms with Crippen molar-refractivity contribution < 1.29 is 4.79 Å². The van der Waals surface area contributed by atoms with Crippen LogP contribution in [-0.4, -0.2) is 31.9 Å². The van der Waals surface area contributed by atoms with E-state index in [1.54, 1.807) is 11.8 Å². The van der Waals surface area contributed by atoms with Gasteiger partial charge in [0.15, 0.2) is 5.82 Å². The number of amides is 1. The summed E-state index contributed by atoms with van der Waals surface area (Å²) in [5, 5.41) is 17.3. The first-order chi connectivity index (χ1) is 12.8. The summed E-state index contributed by atoms with van der Waals surface area (Å²) in [6.07, 6.45) is 4.77. The van der Waals surface area contributed by atoms with Gasteiger partial charge in [-0.3, -0.25) is 4.79 Å². The molecule has 1 saturated carbocycles. The average Bonchev–Trinajstić information content (AvgIpc) is 3.33. The summed E-state index contributed by atoms with van der Waals surface area (Å²) in [7, 11) is 0. The highest BCUT2D eigenvalue weighted by molar-refractivity contribution is 7.99. The lowest BCUT2D eigenvalue weighted by Crippen LogP contribution is -2.15. The second-order valence-corrected chi connectivity index (χ2v) is 7.53. The number of nitrogens with zero attached hydrogens (tertiary/aromatic N) is 4. The van der Waals surface area contributed by atoms with Crippen LogP contribution in [0.25, 0.3) is 10.8 Å². The van der Waals surface area contributed by atoms with Gasteiger partial charge in [0.2, 0.25) is 5.91 Å². The number of tetrazole rings is 1. The third-order valence-electron chi connectivity index (χ3n) is 4.76. The lowest BCUT2D eigenvalue weighted by Gasteiger charge is -2.11. The first-order valence-corrected chi connectivity index (χ1v) is 10.1. The number of hydrogen-bond acceptors (Lipinski definition) is 5. The molecule has 1 amide bonds. The summed E-state index contributed by atoms with van der Waals surface area (Å²) >= 11 is 1.54. The molecule has 7 heteroatoms. The minimum absolute atomic E-state index is 0.00811. The van der Waals surface area contributed by atoms with E-state index in [1.807, 2.05) is 47.1 Å². The average molecular weight is 367 g/mol. The molecule has 1 fully saturated rings. The highest BCUT2D eigenvalue weighted by Gasteiger charge is 2.21. The Morgan fingerprint density at radius 2 is 1.96 bits per heavy atom. The van der Waals surface area contributed by atoms with E-state index in [-0.39, 0.29) is 5.91 Å². The van der Waals surface area contributed by atoms with Crippen molar-refractivity contribution in [1.29, 1.82) is 0 Å². The predicted molar refractivity (Wildman–Crippen MR) is 104 cm³/mol. The molecule has 3 aromatic rings. The third-order valence-corrected chi connectivity index (χ3v) is 5.69.